The maximum Gasteiger partial charge on any atom is 0.289 e. The molecule has 0 saturated heterocycles. The van der Waals surface area contributed by atoms with E-state index in [4.69, 9.17) is 4.42 Å². The van der Waals surface area contributed by atoms with Crippen LogP contribution in [0.15, 0.2) is 39.6 Å². The van der Waals surface area contributed by atoms with E-state index in [-0.39, 0.29) is 11.4 Å². The van der Waals surface area contributed by atoms with Crippen molar-refractivity contribution in [3.05, 3.63) is 57.5 Å². The first-order chi connectivity index (χ1) is 11.7. The molecule has 25 heavy (non-hydrogen) atoms. The third-order valence-corrected chi connectivity index (χ3v) is 6.59. The summed E-state index contributed by atoms with van der Waals surface area (Å²) in [6.45, 7) is 3.71. The Bertz CT molecular complexity index is 919. The van der Waals surface area contributed by atoms with Gasteiger partial charge in [-0.05, 0) is 37.0 Å². The van der Waals surface area contributed by atoms with Crippen molar-refractivity contribution in [2.45, 2.75) is 37.6 Å². The Morgan fingerprint density at radius 2 is 2.00 bits per heavy atom. The molecule has 0 N–H and O–H groups in total. The lowest BCUT2D eigenvalue weighted by Crippen LogP contribution is -2.27. The number of nitrogens with zero attached hydrogens (tertiary/aromatic N) is 2. The number of hydrogen-bond donors (Lipinski definition) is 0. The highest BCUT2D eigenvalue weighted by Crippen LogP contribution is 2.47. The lowest BCUT2D eigenvalue weighted by molar-refractivity contribution is -0.387. The van der Waals surface area contributed by atoms with Crippen LogP contribution in [-0.2, 0) is 16.6 Å². The number of sulfonamides is 1. The number of benzene rings is 1. The summed E-state index contributed by atoms with van der Waals surface area (Å²) in [7, 11) is -2.62. The van der Waals surface area contributed by atoms with E-state index in [9.17, 15) is 18.5 Å². The highest BCUT2D eigenvalue weighted by Gasteiger charge is 2.37. The summed E-state index contributed by atoms with van der Waals surface area (Å²) in [5, 5.41) is 11.2. The molecule has 7 nitrogen and oxygen atoms in total. The maximum absolute atomic E-state index is 12.9. The SMILES string of the molecule is Cc1cccc([N+](=O)[O-])c1S(=O)(=O)N(C)Cc1ccc([C@@H]2C[C@H]2C)o1. The zero-order valence-electron chi connectivity index (χ0n) is 14.3. The van der Waals surface area contributed by atoms with Crippen molar-refractivity contribution in [3.8, 4) is 0 Å². The summed E-state index contributed by atoms with van der Waals surface area (Å²) >= 11 is 0. The van der Waals surface area contributed by atoms with Crippen LogP contribution >= 0.6 is 0 Å². The van der Waals surface area contributed by atoms with Gasteiger partial charge in [-0.25, -0.2) is 8.42 Å². The van der Waals surface area contributed by atoms with Gasteiger partial charge in [0.2, 0.25) is 10.0 Å². The fourth-order valence-corrected chi connectivity index (χ4v) is 4.46. The minimum atomic E-state index is -4.02. The van der Waals surface area contributed by atoms with E-state index in [0.29, 0.717) is 23.2 Å². The van der Waals surface area contributed by atoms with Crippen molar-refractivity contribution in [1.82, 2.24) is 4.31 Å². The van der Waals surface area contributed by atoms with Crippen molar-refractivity contribution in [1.29, 1.82) is 0 Å². The molecule has 0 unspecified atom stereocenters. The molecule has 8 heteroatoms. The van der Waals surface area contributed by atoms with E-state index in [0.717, 1.165) is 16.5 Å². The maximum atomic E-state index is 12.9. The van der Waals surface area contributed by atoms with E-state index in [1.54, 1.807) is 19.1 Å². The number of hydrogen-bond acceptors (Lipinski definition) is 5. The topological polar surface area (TPSA) is 93.7 Å². The van der Waals surface area contributed by atoms with Crippen LogP contribution in [0.4, 0.5) is 5.69 Å². The molecule has 1 aromatic heterocycles. The Kier molecular flexibility index (Phi) is 4.42. The summed E-state index contributed by atoms with van der Waals surface area (Å²) < 4.78 is 32.6. The molecule has 2 atom stereocenters. The van der Waals surface area contributed by atoms with Gasteiger partial charge in [0.05, 0.1) is 11.5 Å². The van der Waals surface area contributed by atoms with Crippen LogP contribution in [0.25, 0.3) is 0 Å². The van der Waals surface area contributed by atoms with E-state index in [2.05, 4.69) is 6.92 Å². The smallest absolute Gasteiger partial charge is 0.289 e. The summed E-state index contributed by atoms with van der Waals surface area (Å²) in [6.07, 6.45) is 1.08. The molecule has 0 amide bonds. The molecule has 3 rings (SSSR count). The molecule has 134 valence electrons. The standard InChI is InChI=1S/C17H20N2O5S/c1-11-5-4-6-15(19(20)21)17(11)25(22,23)18(3)10-13-7-8-16(24-13)14-9-12(14)2/h4-8,12,14H,9-10H2,1-3H3/t12-,14-/m1/s1. The van der Waals surface area contributed by atoms with Gasteiger partial charge in [-0.2, -0.15) is 4.31 Å². The van der Waals surface area contributed by atoms with Gasteiger partial charge in [-0.15, -0.1) is 0 Å². The van der Waals surface area contributed by atoms with E-state index in [1.165, 1.54) is 19.2 Å². The monoisotopic (exact) mass is 364 g/mol. The summed E-state index contributed by atoms with van der Waals surface area (Å²) in [4.78, 5) is 10.3. The first-order valence-electron chi connectivity index (χ1n) is 8.00. The Balaban J connectivity index is 1.87. The van der Waals surface area contributed by atoms with Crippen LogP contribution < -0.4 is 0 Å². The van der Waals surface area contributed by atoms with Crippen LogP contribution in [0, 0.1) is 23.0 Å². The van der Waals surface area contributed by atoms with Gasteiger partial charge >= 0.3 is 0 Å². The summed E-state index contributed by atoms with van der Waals surface area (Å²) in [6, 6.07) is 7.86. The molecule has 0 bridgehead atoms. The predicted molar refractivity (Wildman–Crippen MR) is 91.7 cm³/mol. The van der Waals surface area contributed by atoms with Crippen molar-refractivity contribution in [2.24, 2.45) is 5.92 Å². The van der Waals surface area contributed by atoms with E-state index >= 15 is 0 Å². The largest absolute Gasteiger partial charge is 0.464 e. The third kappa shape index (κ3) is 3.32. The highest BCUT2D eigenvalue weighted by molar-refractivity contribution is 7.89. The first kappa shape index (κ1) is 17.6. The second kappa shape index (κ2) is 6.27. The van der Waals surface area contributed by atoms with E-state index in [1.807, 2.05) is 6.07 Å². The number of nitro benzene ring substituents is 1. The van der Waals surface area contributed by atoms with Gasteiger partial charge in [-0.1, -0.05) is 19.1 Å². The fourth-order valence-electron chi connectivity index (χ4n) is 2.97. The van der Waals surface area contributed by atoms with Crippen molar-refractivity contribution < 1.29 is 17.8 Å². The van der Waals surface area contributed by atoms with Crippen molar-refractivity contribution in [2.75, 3.05) is 7.05 Å². The van der Waals surface area contributed by atoms with Crippen LogP contribution in [0.2, 0.25) is 0 Å². The number of aryl methyl sites for hydroxylation is 1. The molecule has 2 aromatic rings. The Morgan fingerprint density at radius 3 is 2.60 bits per heavy atom. The minimum absolute atomic E-state index is 0.0227. The molecule has 1 saturated carbocycles. The predicted octanol–water partition coefficient (Wildman–Crippen LogP) is 3.44. The second-order valence-corrected chi connectivity index (χ2v) is 8.55. The molecular formula is C17H20N2O5S. The highest BCUT2D eigenvalue weighted by atomic mass is 32.2. The number of rotatable bonds is 6. The summed E-state index contributed by atoms with van der Waals surface area (Å²) in [5.41, 5.74) is -0.0771. The minimum Gasteiger partial charge on any atom is -0.464 e. The average molecular weight is 364 g/mol. The molecule has 1 heterocycles. The van der Waals surface area contributed by atoms with Crippen molar-refractivity contribution >= 4 is 15.7 Å². The van der Waals surface area contributed by atoms with Gasteiger partial charge in [0.25, 0.3) is 5.69 Å². The van der Waals surface area contributed by atoms with Crippen LogP contribution in [0.5, 0.6) is 0 Å². The number of nitro groups is 1. The van der Waals surface area contributed by atoms with Gasteiger partial charge in [0.15, 0.2) is 4.90 Å². The molecule has 1 aliphatic carbocycles. The molecule has 1 aromatic carbocycles. The Hall–Kier alpha value is -2.19. The zero-order valence-corrected chi connectivity index (χ0v) is 15.1. The number of furan rings is 1. The normalized spacial score (nSPS) is 20.0. The van der Waals surface area contributed by atoms with Gasteiger partial charge in [0.1, 0.15) is 11.5 Å². The average Bonchev–Trinajstić information content (AvgIpc) is 3.08. The zero-order chi connectivity index (χ0) is 18.4. The van der Waals surface area contributed by atoms with Crippen molar-refractivity contribution in [3.63, 3.8) is 0 Å². The molecular weight excluding hydrogens is 344 g/mol. The Labute approximate surface area is 146 Å². The first-order valence-corrected chi connectivity index (χ1v) is 9.44. The summed E-state index contributed by atoms with van der Waals surface area (Å²) in [5.74, 6) is 2.40. The van der Waals surface area contributed by atoms with Crippen LogP contribution in [-0.4, -0.2) is 24.7 Å². The third-order valence-electron chi connectivity index (χ3n) is 4.59. The van der Waals surface area contributed by atoms with Gasteiger partial charge < -0.3 is 4.42 Å². The van der Waals surface area contributed by atoms with E-state index < -0.39 is 20.6 Å². The van der Waals surface area contributed by atoms with Crippen LogP contribution in [0.1, 0.15) is 36.3 Å². The second-order valence-electron chi connectivity index (χ2n) is 6.56. The molecule has 0 radical (unpaired) electrons. The fraction of sp³-hybridized carbons (Fsp3) is 0.412. The lowest BCUT2D eigenvalue weighted by atomic mass is 10.2. The quantitative estimate of drug-likeness (QED) is 0.578. The molecule has 1 aliphatic rings. The lowest BCUT2D eigenvalue weighted by Gasteiger charge is -2.17. The van der Waals surface area contributed by atoms with Gasteiger partial charge in [0, 0.05) is 19.0 Å². The Morgan fingerprint density at radius 1 is 1.32 bits per heavy atom. The van der Waals surface area contributed by atoms with Crippen LogP contribution in [0.3, 0.4) is 0 Å². The van der Waals surface area contributed by atoms with Gasteiger partial charge in [-0.3, -0.25) is 10.1 Å². The molecule has 1 fully saturated rings. The molecule has 0 spiro atoms. The molecule has 0 aliphatic heterocycles.